The first kappa shape index (κ1) is 15.5. The quantitative estimate of drug-likeness (QED) is 0.486. The van der Waals surface area contributed by atoms with Gasteiger partial charge in [0.15, 0.2) is 10.7 Å². The molecule has 0 amide bonds. The van der Waals surface area contributed by atoms with E-state index in [1.54, 1.807) is 6.92 Å². The van der Waals surface area contributed by atoms with E-state index in [9.17, 15) is 18.3 Å². The Balaban J connectivity index is 2.40. The Bertz CT molecular complexity index is 769. The average molecular weight is 309 g/mol. The fourth-order valence-electron chi connectivity index (χ4n) is 1.84. The van der Waals surface area contributed by atoms with E-state index in [2.05, 4.69) is 15.1 Å². The fraction of sp³-hybridized carbons (Fsp3) is 0.231. The standard InChI is InChI=1S/C13H10F3N5O/c1-7-10(19-17)11(21(2)20-7)18-12(22)8-3-5-9(6-4-8)13(14,15)16/h3-6H,1-2H3. The molecular formula is C13H10F3N5O. The number of nitrogens with zero attached hydrogens (tertiary/aromatic N) is 5. The third-order valence-corrected chi connectivity index (χ3v) is 2.93. The number of alkyl halides is 3. The van der Waals surface area contributed by atoms with Gasteiger partial charge < -0.3 is 5.11 Å². The first-order valence-corrected chi connectivity index (χ1v) is 6.06. The molecule has 1 aromatic heterocycles. The predicted molar refractivity (Wildman–Crippen MR) is 70.3 cm³/mol. The van der Waals surface area contributed by atoms with Crippen LogP contribution in [0.2, 0.25) is 0 Å². The zero-order valence-electron chi connectivity index (χ0n) is 11.6. The molecule has 2 rings (SSSR count). The van der Waals surface area contributed by atoms with Crippen molar-refractivity contribution in [1.29, 1.82) is 5.39 Å². The SMILES string of the molecule is Cc1nn(C)c(N=C([O-])c2ccc(C(F)(F)F)cc2)c1[N+]#N. The van der Waals surface area contributed by atoms with Gasteiger partial charge in [-0.15, -0.1) is 0 Å². The molecule has 6 nitrogen and oxygen atoms in total. The van der Waals surface area contributed by atoms with Crippen LogP contribution >= 0.6 is 0 Å². The number of diazo groups is 1. The molecule has 2 aromatic rings. The van der Waals surface area contributed by atoms with E-state index in [0.717, 1.165) is 24.3 Å². The summed E-state index contributed by atoms with van der Waals surface area (Å²) in [7, 11) is 1.50. The van der Waals surface area contributed by atoms with Gasteiger partial charge in [0.25, 0.3) is 0 Å². The minimum atomic E-state index is -4.47. The molecule has 0 saturated carbocycles. The maximum absolute atomic E-state index is 12.5. The summed E-state index contributed by atoms with van der Waals surface area (Å²) in [4.78, 5) is 6.74. The molecule has 1 aromatic carbocycles. The molecule has 0 N–H and O–H groups in total. The van der Waals surface area contributed by atoms with Crippen molar-refractivity contribution in [2.75, 3.05) is 0 Å². The number of hydrogen-bond donors (Lipinski definition) is 0. The second-order valence-electron chi connectivity index (χ2n) is 4.47. The largest absolute Gasteiger partial charge is 0.858 e. The molecule has 0 radical (unpaired) electrons. The topological polar surface area (TPSA) is 81.4 Å². The highest BCUT2D eigenvalue weighted by molar-refractivity contribution is 5.93. The highest BCUT2D eigenvalue weighted by Crippen LogP contribution is 2.31. The third-order valence-electron chi connectivity index (χ3n) is 2.93. The van der Waals surface area contributed by atoms with Crippen molar-refractivity contribution in [3.05, 3.63) is 46.1 Å². The molecule has 0 fully saturated rings. The van der Waals surface area contributed by atoms with Crippen LogP contribution in [0.4, 0.5) is 24.7 Å². The monoisotopic (exact) mass is 309 g/mol. The zero-order chi connectivity index (χ0) is 16.5. The van der Waals surface area contributed by atoms with Crippen LogP contribution in [-0.4, -0.2) is 15.7 Å². The number of aliphatic imine (C=N–C) groups is 1. The number of benzene rings is 1. The predicted octanol–water partition coefficient (Wildman–Crippen LogP) is 2.67. The van der Waals surface area contributed by atoms with Crippen molar-refractivity contribution in [1.82, 2.24) is 9.78 Å². The van der Waals surface area contributed by atoms with Gasteiger partial charge in [0.05, 0.1) is 5.56 Å². The van der Waals surface area contributed by atoms with Crippen molar-refractivity contribution < 1.29 is 18.3 Å². The van der Waals surface area contributed by atoms with Gasteiger partial charge in [-0.05, 0) is 30.5 Å². The Hall–Kier alpha value is -2.89. The number of rotatable bonds is 2. The molecule has 9 heteroatoms. The lowest BCUT2D eigenvalue weighted by molar-refractivity contribution is -0.212. The van der Waals surface area contributed by atoms with Gasteiger partial charge in [-0.25, -0.2) is 9.67 Å². The fourth-order valence-corrected chi connectivity index (χ4v) is 1.84. The Kier molecular flexibility index (Phi) is 3.86. The van der Waals surface area contributed by atoms with Crippen LogP contribution in [0.1, 0.15) is 16.8 Å². The summed E-state index contributed by atoms with van der Waals surface area (Å²) in [6.45, 7) is 1.57. The van der Waals surface area contributed by atoms with Crippen LogP contribution in [0.15, 0.2) is 29.3 Å². The van der Waals surface area contributed by atoms with Crippen molar-refractivity contribution >= 4 is 17.4 Å². The Morgan fingerprint density at radius 3 is 2.41 bits per heavy atom. The minimum absolute atomic E-state index is 0.0178. The van der Waals surface area contributed by atoms with Gasteiger partial charge in [0, 0.05) is 7.05 Å². The molecule has 0 saturated heterocycles. The smallest absolute Gasteiger partial charge is 0.451 e. The van der Waals surface area contributed by atoms with E-state index in [-0.39, 0.29) is 17.1 Å². The molecule has 0 aliphatic heterocycles. The van der Waals surface area contributed by atoms with Crippen LogP contribution in [0.3, 0.4) is 0 Å². The zero-order valence-corrected chi connectivity index (χ0v) is 11.6. The molecule has 0 bridgehead atoms. The van der Waals surface area contributed by atoms with E-state index in [4.69, 9.17) is 5.39 Å². The second-order valence-corrected chi connectivity index (χ2v) is 4.47. The summed E-state index contributed by atoms with van der Waals surface area (Å²) in [5.74, 6) is -0.744. The van der Waals surface area contributed by atoms with E-state index in [1.807, 2.05) is 0 Å². The minimum Gasteiger partial charge on any atom is -0.858 e. The number of hydrogen-bond acceptors (Lipinski definition) is 4. The Labute approximate surface area is 123 Å². The lowest BCUT2D eigenvalue weighted by Gasteiger charge is -2.12. The van der Waals surface area contributed by atoms with Crippen LogP contribution < -0.4 is 5.11 Å². The normalized spacial score (nSPS) is 12.3. The summed E-state index contributed by atoms with van der Waals surface area (Å²) >= 11 is 0. The van der Waals surface area contributed by atoms with Gasteiger partial charge in [0.2, 0.25) is 11.2 Å². The first-order chi connectivity index (χ1) is 10.2. The lowest BCUT2D eigenvalue weighted by atomic mass is 10.1. The maximum Gasteiger partial charge on any atom is 0.451 e. The third kappa shape index (κ3) is 2.90. The van der Waals surface area contributed by atoms with Crippen LogP contribution in [0.5, 0.6) is 0 Å². The molecule has 0 spiro atoms. The molecule has 22 heavy (non-hydrogen) atoms. The number of aromatic nitrogens is 2. The molecule has 1 heterocycles. The van der Waals surface area contributed by atoms with Crippen molar-refractivity contribution in [3.63, 3.8) is 0 Å². The summed E-state index contributed by atoms with van der Waals surface area (Å²) < 4.78 is 38.6. The van der Waals surface area contributed by atoms with Gasteiger partial charge in [0.1, 0.15) is 0 Å². The van der Waals surface area contributed by atoms with Gasteiger partial charge >= 0.3 is 11.9 Å². The Morgan fingerprint density at radius 2 is 1.91 bits per heavy atom. The highest BCUT2D eigenvalue weighted by atomic mass is 19.4. The van der Waals surface area contributed by atoms with E-state index in [1.165, 1.54) is 11.7 Å². The van der Waals surface area contributed by atoms with Crippen LogP contribution in [0, 0.1) is 12.3 Å². The summed E-state index contributed by atoms with van der Waals surface area (Å²) in [6, 6.07) is 3.67. The summed E-state index contributed by atoms with van der Waals surface area (Å²) in [5.41, 5.74) is -0.478. The molecule has 0 aliphatic rings. The van der Waals surface area contributed by atoms with Gasteiger partial charge in [-0.2, -0.15) is 18.3 Å². The summed E-state index contributed by atoms with van der Waals surface area (Å²) in [5, 5.41) is 24.8. The van der Waals surface area contributed by atoms with E-state index < -0.39 is 17.6 Å². The van der Waals surface area contributed by atoms with Crippen LogP contribution in [-0.2, 0) is 13.2 Å². The molecule has 0 unspecified atom stereocenters. The average Bonchev–Trinajstić information content (AvgIpc) is 2.71. The molecule has 114 valence electrons. The van der Waals surface area contributed by atoms with Crippen molar-refractivity contribution in [3.8, 4) is 0 Å². The highest BCUT2D eigenvalue weighted by Gasteiger charge is 2.30. The number of halogens is 3. The molecule has 0 atom stereocenters. The van der Waals surface area contributed by atoms with E-state index in [0.29, 0.717) is 5.69 Å². The Morgan fingerprint density at radius 1 is 1.32 bits per heavy atom. The molecular weight excluding hydrogens is 299 g/mol. The lowest BCUT2D eigenvalue weighted by Crippen LogP contribution is -2.19. The second kappa shape index (κ2) is 5.48. The first-order valence-electron chi connectivity index (χ1n) is 6.06. The van der Waals surface area contributed by atoms with E-state index >= 15 is 0 Å². The van der Waals surface area contributed by atoms with Crippen molar-refractivity contribution in [2.24, 2.45) is 12.0 Å². The summed E-state index contributed by atoms with van der Waals surface area (Å²) in [6.07, 6.45) is -4.47. The maximum atomic E-state index is 12.5. The number of aryl methyl sites for hydroxylation is 2. The van der Waals surface area contributed by atoms with Gasteiger partial charge in [-0.3, -0.25) is 0 Å². The molecule has 0 aliphatic carbocycles. The van der Waals surface area contributed by atoms with Crippen molar-refractivity contribution in [2.45, 2.75) is 13.1 Å². The van der Waals surface area contributed by atoms with Gasteiger partial charge in [-0.1, -0.05) is 12.1 Å². The van der Waals surface area contributed by atoms with Crippen LogP contribution in [0.25, 0.3) is 4.98 Å².